The van der Waals surface area contributed by atoms with Gasteiger partial charge in [0.25, 0.3) is 0 Å². The first-order valence-electron chi connectivity index (χ1n) is 5.97. The summed E-state index contributed by atoms with van der Waals surface area (Å²) in [4.78, 5) is 8.03. The van der Waals surface area contributed by atoms with Crippen molar-refractivity contribution >= 4 is 22.6 Å². The molecule has 1 aliphatic heterocycles. The fourth-order valence-electron chi connectivity index (χ4n) is 2.39. The van der Waals surface area contributed by atoms with Crippen molar-refractivity contribution in [2.24, 2.45) is 0 Å². The van der Waals surface area contributed by atoms with Crippen molar-refractivity contribution in [1.29, 1.82) is 0 Å². The lowest BCUT2D eigenvalue weighted by Gasteiger charge is -2.19. The summed E-state index contributed by atoms with van der Waals surface area (Å²) in [5.74, 6) is 1.53. The van der Waals surface area contributed by atoms with Crippen molar-refractivity contribution in [2.45, 2.75) is 25.7 Å². The Labute approximate surface area is 105 Å². The second-order valence-corrected chi connectivity index (χ2v) is 5.06. The molecule has 2 heterocycles. The lowest BCUT2D eigenvalue weighted by Crippen LogP contribution is -2.15. The molecule has 0 unspecified atom stereocenters. The molecule has 17 heavy (non-hydrogen) atoms. The molecule has 0 saturated carbocycles. The number of halogens is 1. The molecule has 1 saturated heterocycles. The largest absolute Gasteiger partial charge is 0.381 e. The van der Waals surface area contributed by atoms with E-state index >= 15 is 0 Å². The van der Waals surface area contributed by atoms with E-state index in [-0.39, 0.29) is 0 Å². The number of imidazole rings is 1. The summed E-state index contributed by atoms with van der Waals surface area (Å²) in [6.07, 6.45) is 2.08. The number of aryl methyl sites for hydroxylation is 1. The first-order chi connectivity index (χ1) is 8.24. The topological polar surface area (TPSA) is 37.9 Å². The second kappa shape index (κ2) is 4.31. The van der Waals surface area contributed by atoms with Gasteiger partial charge in [-0.1, -0.05) is 11.6 Å². The molecule has 1 aromatic heterocycles. The van der Waals surface area contributed by atoms with Crippen molar-refractivity contribution in [2.75, 3.05) is 13.2 Å². The maximum Gasteiger partial charge on any atom is 0.110 e. The number of hydrogen-bond acceptors (Lipinski definition) is 2. The number of aromatic nitrogens is 2. The molecule has 2 aromatic rings. The molecule has 90 valence electrons. The zero-order chi connectivity index (χ0) is 11.8. The normalized spacial score (nSPS) is 17.8. The van der Waals surface area contributed by atoms with Crippen LogP contribution in [0.5, 0.6) is 0 Å². The molecule has 0 amide bonds. The average molecular weight is 251 g/mol. The Bertz CT molecular complexity index is 544. The molecule has 4 heteroatoms. The van der Waals surface area contributed by atoms with Crippen LogP contribution in [-0.2, 0) is 4.74 Å². The third-order valence-corrected chi connectivity index (χ3v) is 3.60. The molecule has 0 atom stereocenters. The van der Waals surface area contributed by atoms with Gasteiger partial charge in [0.1, 0.15) is 11.3 Å². The summed E-state index contributed by atoms with van der Waals surface area (Å²) >= 11 is 6.21. The zero-order valence-corrected chi connectivity index (χ0v) is 10.5. The Morgan fingerprint density at radius 2 is 2.12 bits per heavy atom. The van der Waals surface area contributed by atoms with Gasteiger partial charge >= 0.3 is 0 Å². The van der Waals surface area contributed by atoms with Crippen LogP contribution in [0.1, 0.15) is 30.1 Å². The van der Waals surface area contributed by atoms with Crippen LogP contribution >= 0.6 is 11.6 Å². The van der Waals surface area contributed by atoms with Crippen LogP contribution in [0.4, 0.5) is 0 Å². The summed E-state index contributed by atoms with van der Waals surface area (Å²) in [6.45, 7) is 3.70. The van der Waals surface area contributed by atoms with Gasteiger partial charge < -0.3 is 9.72 Å². The highest BCUT2D eigenvalue weighted by Gasteiger charge is 2.19. The van der Waals surface area contributed by atoms with Gasteiger partial charge in [-0.2, -0.15) is 0 Å². The molecular formula is C13H15ClN2O. The van der Waals surface area contributed by atoms with E-state index in [9.17, 15) is 0 Å². The van der Waals surface area contributed by atoms with Gasteiger partial charge in [-0.3, -0.25) is 0 Å². The summed E-state index contributed by atoms with van der Waals surface area (Å²) in [6, 6.07) is 4.05. The second-order valence-electron chi connectivity index (χ2n) is 4.65. The minimum absolute atomic E-state index is 0.479. The van der Waals surface area contributed by atoms with Crippen LogP contribution in [0.25, 0.3) is 11.0 Å². The number of benzene rings is 1. The van der Waals surface area contributed by atoms with E-state index in [1.165, 1.54) is 0 Å². The number of aromatic amines is 1. The molecule has 1 aliphatic rings. The van der Waals surface area contributed by atoms with Crippen LogP contribution < -0.4 is 0 Å². The Morgan fingerprint density at radius 1 is 1.35 bits per heavy atom. The average Bonchev–Trinajstić information content (AvgIpc) is 2.74. The van der Waals surface area contributed by atoms with Crippen LogP contribution in [0.2, 0.25) is 5.02 Å². The van der Waals surface area contributed by atoms with Crippen LogP contribution in [0, 0.1) is 6.92 Å². The molecule has 0 radical (unpaired) electrons. The van der Waals surface area contributed by atoms with Gasteiger partial charge in [-0.25, -0.2) is 4.98 Å². The molecule has 1 fully saturated rings. The number of nitrogens with one attached hydrogen (secondary N) is 1. The minimum atomic E-state index is 0.479. The minimum Gasteiger partial charge on any atom is -0.381 e. The van der Waals surface area contributed by atoms with Crippen LogP contribution in [0.3, 0.4) is 0 Å². The Kier molecular flexibility index (Phi) is 2.81. The van der Waals surface area contributed by atoms with E-state index in [0.717, 1.165) is 53.5 Å². The molecular weight excluding hydrogens is 236 g/mol. The molecule has 1 N–H and O–H groups in total. The quantitative estimate of drug-likeness (QED) is 0.842. The van der Waals surface area contributed by atoms with E-state index in [1.54, 1.807) is 0 Å². The SMILES string of the molecule is Cc1cc(Cl)c2nc(C3CCOCC3)[nH]c2c1. The molecule has 3 rings (SSSR count). The summed E-state index contributed by atoms with van der Waals surface area (Å²) in [5, 5.41) is 0.731. The van der Waals surface area contributed by atoms with Crippen molar-refractivity contribution < 1.29 is 4.74 Å². The third kappa shape index (κ3) is 2.05. The molecule has 3 nitrogen and oxygen atoms in total. The number of hydrogen-bond donors (Lipinski definition) is 1. The van der Waals surface area contributed by atoms with Gasteiger partial charge in [0, 0.05) is 19.1 Å². The molecule has 0 aliphatic carbocycles. The maximum absolute atomic E-state index is 6.21. The van der Waals surface area contributed by atoms with Gasteiger partial charge in [-0.15, -0.1) is 0 Å². The number of rotatable bonds is 1. The number of nitrogens with zero attached hydrogens (tertiary/aromatic N) is 1. The van der Waals surface area contributed by atoms with Crippen LogP contribution in [0.15, 0.2) is 12.1 Å². The van der Waals surface area contributed by atoms with E-state index < -0.39 is 0 Å². The zero-order valence-electron chi connectivity index (χ0n) is 9.79. The Morgan fingerprint density at radius 3 is 2.88 bits per heavy atom. The lowest BCUT2D eigenvalue weighted by atomic mass is 10.00. The first kappa shape index (κ1) is 11.1. The van der Waals surface area contributed by atoms with Gasteiger partial charge in [0.15, 0.2) is 0 Å². The maximum atomic E-state index is 6.21. The molecule has 1 aromatic carbocycles. The van der Waals surface area contributed by atoms with E-state index in [4.69, 9.17) is 16.3 Å². The first-order valence-corrected chi connectivity index (χ1v) is 6.35. The van der Waals surface area contributed by atoms with E-state index in [1.807, 2.05) is 13.0 Å². The Balaban J connectivity index is 2.03. The highest BCUT2D eigenvalue weighted by Crippen LogP contribution is 2.29. The smallest absolute Gasteiger partial charge is 0.110 e. The predicted octanol–water partition coefficient (Wildman–Crippen LogP) is 3.42. The summed E-state index contributed by atoms with van der Waals surface area (Å²) in [5.41, 5.74) is 3.08. The fraction of sp³-hybridized carbons (Fsp3) is 0.462. The number of fused-ring (bicyclic) bond motifs is 1. The van der Waals surface area contributed by atoms with Crippen molar-refractivity contribution in [3.8, 4) is 0 Å². The highest BCUT2D eigenvalue weighted by molar-refractivity contribution is 6.35. The van der Waals surface area contributed by atoms with Gasteiger partial charge in [-0.05, 0) is 37.5 Å². The van der Waals surface area contributed by atoms with Crippen LogP contribution in [-0.4, -0.2) is 23.2 Å². The van der Waals surface area contributed by atoms with Gasteiger partial charge in [0.2, 0.25) is 0 Å². The summed E-state index contributed by atoms with van der Waals surface area (Å²) in [7, 11) is 0. The van der Waals surface area contributed by atoms with Crippen molar-refractivity contribution in [3.05, 3.63) is 28.5 Å². The standard InChI is InChI=1S/C13H15ClN2O/c1-8-6-10(14)12-11(7-8)15-13(16-12)9-2-4-17-5-3-9/h6-7,9H,2-5H2,1H3,(H,15,16). The van der Waals surface area contributed by atoms with E-state index in [0.29, 0.717) is 5.92 Å². The van der Waals surface area contributed by atoms with E-state index in [2.05, 4.69) is 16.0 Å². The monoisotopic (exact) mass is 250 g/mol. The Hall–Kier alpha value is -1.06. The van der Waals surface area contributed by atoms with Gasteiger partial charge in [0.05, 0.1) is 10.5 Å². The van der Waals surface area contributed by atoms with Crippen molar-refractivity contribution in [3.63, 3.8) is 0 Å². The number of H-pyrrole nitrogens is 1. The predicted molar refractivity (Wildman–Crippen MR) is 68.6 cm³/mol. The molecule has 0 spiro atoms. The highest BCUT2D eigenvalue weighted by atomic mass is 35.5. The fourth-order valence-corrected chi connectivity index (χ4v) is 2.71. The number of ether oxygens (including phenoxy) is 1. The lowest BCUT2D eigenvalue weighted by molar-refractivity contribution is 0.0838. The third-order valence-electron chi connectivity index (χ3n) is 3.31. The molecule has 0 bridgehead atoms. The summed E-state index contributed by atoms with van der Waals surface area (Å²) < 4.78 is 5.37. The van der Waals surface area contributed by atoms with Crippen molar-refractivity contribution in [1.82, 2.24) is 9.97 Å².